The molecule has 0 aliphatic rings. The Morgan fingerprint density at radius 3 is 2.65 bits per heavy atom. The van der Waals surface area contributed by atoms with Crippen molar-refractivity contribution in [2.45, 2.75) is 33.2 Å². The average molecular weight is 273 g/mol. The summed E-state index contributed by atoms with van der Waals surface area (Å²) in [6, 6.07) is 7.76. The Morgan fingerprint density at radius 2 is 2.05 bits per heavy atom. The zero-order valence-electron chi connectivity index (χ0n) is 12.6. The van der Waals surface area contributed by atoms with E-state index in [2.05, 4.69) is 25.8 Å². The molecule has 3 N–H and O–H groups in total. The Morgan fingerprint density at radius 1 is 1.35 bits per heavy atom. The molecule has 2 rings (SSSR count). The highest BCUT2D eigenvalue weighted by Gasteiger charge is 2.20. The Hall–Kier alpha value is -1.97. The maximum Gasteiger partial charge on any atom is 0.270 e. The first-order chi connectivity index (χ1) is 9.40. The van der Waals surface area contributed by atoms with Crippen LogP contribution in [0.25, 0.3) is 10.9 Å². The molecule has 1 heterocycles. The van der Waals surface area contributed by atoms with Gasteiger partial charge in [-0.3, -0.25) is 4.79 Å². The summed E-state index contributed by atoms with van der Waals surface area (Å²) in [5, 5.41) is 0.971. The molecule has 0 aliphatic carbocycles. The van der Waals surface area contributed by atoms with Crippen molar-refractivity contribution in [1.29, 1.82) is 0 Å². The van der Waals surface area contributed by atoms with Crippen LogP contribution in [0.4, 0.5) is 5.69 Å². The monoisotopic (exact) mass is 273 g/mol. The minimum atomic E-state index is 0.00810. The van der Waals surface area contributed by atoms with Crippen LogP contribution in [0.3, 0.4) is 0 Å². The van der Waals surface area contributed by atoms with E-state index in [1.54, 1.807) is 4.90 Å². The van der Waals surface area contributed by atoms with Crippen molar-refractivity contribution in [3.63, 3.8) is 0 Å². The van der Waals surface area contributed by atoms with Gasteiger partial charge in [-0.05, 0) is 31.4 Å². The zero-order valence-corrected chi connectivity index (χ0v) is 12.6. The molecule has 0 aliphatic heterocycles. The Labute approximate surface area is 120 Å². The molecule has 0 saturated carbocycles. The van der Waals surface area contributed by atoms with Crippen LogP contribution in [-0.2, 0) is 0 Å². The average Bonchev–Trinajstić information content (AvgIpc) is 2.81. The summed E-state index contributed by atoms with van der Waals surface area (Å²) in [7, 11) is 1.85. The van der Waals surface area contributed by atoms with Crippen LogP contribution in [0.15, 0.2) is 24.3 Å². The number of H-pyrrole nitrogens is 1. The van der Waals surface area contributed by atoms with Gasteiger partial charge in [-0.1, -0.05) is 26.0 Å². The molecule has 108 valence electrons. The second-order valence-corrected chi connectivity index (χ2v) is 5.89. The second kappa shape index (κ2) is 5.57. The van der Waals surface area contributed by atoms with Crippen molar-refractivity contribution in [2.75, 3.05) is 12.8 Å². The van der Waals surface area contributed by atoms with Gasteiger partial charge < -0.3 is 15.6 Å². The van der Waals surface area contributed by atoms with Gasteiger partial charge in [-0.25, -0.2) is 0 Å². The predicted octanol–water partition coefficient (Wildman–Crippen LogP) is 3.26. The van der Waals surface area contributed by atoms with E-state index < -0.39 is 0 Å². The molecular weight excluding hydrogens is 250 g/mol. The largest absolute Gasteiger partial charge is 0.397 e. The minimum absolute atomic E-state index is 0.00810. The van der Waals surface area contributed by atoms with E-state index in [0.29, 0.717) is 17.3 Å². The topological polar surface area (TPSA) is 62.1 Å². The number of para-hydroxylation sites is 1. The van der Waals surface area contributed by atoms with E-state index in [1.165, 1.54) is 0 Å². The molecule has 1 aromatic carbocycles. The van der Waals surface area contributed by atoms with E-state index in [9.17, 15) is 4.79 Å². The molecule has 0 spiro atoms. The first-order valence-corrected chi connectivity index (χ1v) is 7.04. The van der Waals surface area contributed by atoms with Gasteiger partial charge in [0.15, 0.2) is 0 Å². The van der Waals surface area contributed by atoms with Crippen LogP contribution >= 0.6 is 0 Å². The van der Waals surface area contributed by atoms with E-state index in [1.807, 2.05) is 31.3 Å². The van der Waals surface area contributed by atoms with E-state index in [0.717, 1.165) is 17.3 Å². The summed E-state index contributed by atoms with van der Waals surface area (Å²) >= 11 is 0. The maximum atomic E-state index is 12.5. The van der Waals surface area contributed by atoms with Gasteiger partial charge in [0.1, 0.15) is 5.69 Å². The summed E-state index contributed by atoms with van der Waals surface area (Å²) in [5.41, 5.74) is 8.01. The lowest BCUT2D eigenvalue weighted by Crippen LogP contribution is -2.36. The van der Waals surface area contributed by atoms with Gasteiger partial charge in [0.05, 0.1) is 11.2 Å². The van der Waals surface area contributed by atoms with Gasteiger partial charge in [-0.2, -0.15) is 0 Å². The fourth-order valence-electron chi connectivity index (χ4n) is 2.53. The van der Waals surface area contributed by atoms with Gasteiger partial charge in [0.2, 0.25) is 0 Å². The summed E-state index contributed by atoms with van der Waals surface area (Å²) < 4.78 is 0. The van der Waals surface area contributed by atoms with Crippen LogP contribution in [0.2, 0.25) is 0 Å². The number of nitrogens with zero attached hydrogens (tertiary/aromatic N) is 1. The van der Waals surface area contributed by atoms with Crippen LogP contribution in [0.1, 0.15) is 37.7 Å². The molecule has 0 radical (unpaired) electrons. The first kappa shape index (κ1) is 14.4. The minimum Gasteiger partial charge on any atom is -0.397 e. The van der Waals surface area contributed by atoms with Gasteiger partial charge in [0.25, 0.3) is 5.91 Å². The van der Waals surface area contributed by atoms with Crippen LogP contribution in [0.5, 0.6) is 0 Å². The molecule has 0 bridgehead atoms. The number of benzene rings is 1. The Bertz CT molecular complexity index is 615. The number of carbonyl (C=O) groups excluding carboxylic acids is 1. The van der Waals surface area contributed by atoms with E-state index >= 15 is 0 Å². The number of rotatable bonds is 4. The number of hydrogen-bond acceptors (Lipinski definition) is 2. The highest BCUT2D eigenvalue weighted by atomic mass is 16.2. The fraction of sp³-hybridized carbons (Fsp3) is 0.438. The van der Waals surface area contributed by atoms with Crippen molar-refractivity contribution in [3.8, 4) is 0 Å². The summed E-state index contributed by atoms with van der Waals surface area (Å²) in [5.74, 6) is 0.576. The summed E-state index contributed by atoms with van der Waals surface area (Å²) in [6.45, 7) is 6.41. The third-order valence-corrected chi connectivity index (χ3v) is 3.71. The number of anilines is 1. The van der Waals surface area contributed by atoms with Crippen molar-refractivity contribution in [2.24, 2.45) is 5.92 Å². The van der Waals surface area contributed by atoms with Crippen molar-refractivity contribution in [3.05, 3.63) is 30.0 Å². The first-order valence-electron chi connectivity index (χ1n) is 7.04. The van der Waals surface area contributed by atoms with Crippen LogP contribution in [-0.4, -0.2) is 28.9 Å². The van der Waals surface area contributed by atoms with Crippen molar-refractivity contribution < 1.29 is 4.79 Å². The third-order valence-electron chi connectivity index (χ3n) is 3.71. The highest BCUT2D eigenvalue weighted by molar-refractivity contribution is 6.00. The summed E-state index contributed by atoms with van der Waals surface area (Å²) in [4.78, 5) is 17.4. The number of nitrogens with two attached hydrogens (primary N) is 1. The predicted molar refractivity (Wildman–Crippen MR) is 83.7 cm³/mol. The molecule has 0 fully saturated rings. The number of amides is 1. The quantitative estimate of drug-likeness (QED) is 0.840. The van der Waals surface area contributed by atoms with E-state index in [-0.39, 0.29) is 11.9 Å². The zero-order chi connectivity index (χ0) is 14.9. The number of hydrogen-bond donors (Lipinski definition) is 2. The smallest absolute Gasteiger partial charge is 0.270 e. The second-order valence-electron chi connectivity index (χ2n) is 5.89. The molecular formula is C16H23N3O. The normalized spacial score (nSPS) is 12.8. The standard InChI is InChI=1S/C16H23N3O/c1-10(2)8-11(3)19(4)16(20)14-9-12-6-5-7-13(17)15(12)18-14/h5-7,9-11,18H,8,17H2,1-4H3. The van der Waals surface area contributed by atoms with Gasteiger partial charge in [0, 0.05) is 18.5 Å². The lowest BCUT2D eigenvalue weighted by Gasteiger charge is -2.25. The number of aromatic nitrogens is 1. The third kappa shape index (κ3) is 2.79. The summed E-state index contributed by atoms with van der Waals surface area (Å²) in [6.07, 6.45) is 0.991. The van der Waals surface area contributed by atoms with Crippen LogP contribution < -0.4 is 5.73 Å². The van der Waals surface area contributed by atoms with Crippen molar-refractivity contribution in [1.82, 2.24) is 9.88 Å². The maximum absolute atomic E-state index is 12.5. The number of carbonyl (C=O) groups is 1. The lowest BCUT2D eigenvalue weighted by atomic mass is 10.0. The molecule has 4 nitrogen and oxygen atoms in total. The molecule has 0 saturated heterocycles. The Kier molecular flexibility index (Phi) is 4.02. The number of nitrogens with one attached hydrogen (secondary N) is 1. The molecule has 1 unspecified atom stereocenters. The number of fused-ring (bicyclic) bond motifs is 1. The van der Waals surface area contributed by atoms with Crippen LogP contribution in [0, 0.1) is 5.92 Å². The molecule has 1 aromatic heterocycles. The molecule has 1 atom stereocenters. The van der Waals surface area contributed by atoms with E-state index in [4.69, 9.17) is 5.73 Å². The molecule has 4 heteroatoms. The number of nitrogen functional groups attached to an aromatic ring is 1. The molecule has 20 heavy (non-hydrogen) atoms. The SMILES string of the molecule is CC(C)CC(C)N(C)C(=O)c1cc2cccc(N)c2[nH]1. The lowest BCUT2D eigenvalue weighted by molar-refractivity contribution is 0.0723. The fourth-order valence-corrected chi connectivity index (χ4v) is 2.53. The van der Waals surface area contributed by atoms with Crippen molar-refractivity contribution >= 4 is 22.5 Å². The highest BCUT2D eigenvalue weighted by Crippen LogP contribution is 2.22. The number of aromatic amines is 1. The molecule has 2 aromatic rings. The Balaban J connectivity index is 2.25. The van der Waals surface area contributed by atoms with Gasteiger partial charge >= 0.3 is 0 Å². The molecule has 1 amide bonds. The van der Waals surface area contributed by atoms with Gasteiger partial charge in [-0.15, -0.1) is 0 Å².